The zero-order chi connectivity index (χ0) is 16.7. The van der Waals surface area contributed by atoms with Crippen molar-refractivity contribution in [1.82, 2.24) is 14.8 Å². The van der Waals surface area contributed by atoms with E-state index in [1.807, 2.05) is 28.8 Å². The lowest BCUT2D eigenvalue weighted by Gasteiger charge is -2.15. The van der Waals surface area contributed by atoms with E-state index in [0.717, 1.165) is 22.6 Å². The van der Waals surface area contributed by atoms with Gasteiger partial charge in [-0.1, -0.05) is 35.9 Å². The average molecular weight is 422 g/mol. The fourth-order valence-electron chi connectivity index (χ4n) is 3.05. The van der Waals surface area contributed by atoms with Crippen LogP contribution >= 0.6 is 28.6 Å². The van der Waals surface area contributed by atoms with Crippen molar-refractivity contribution in [3.63, 3.8) is 0 Å². The minimum Gasteiger partial charge on any atom is -0.324 e. The van der Waals surface area contributed by atoms with Crippen molar-refractivity contribution >= 4 is 34.2 Å². The van der Waals surface area contributed by atoms with Gasteiger partial charge in [-0.25, -0.2) is 4.39 Å². The van der Waals surface area contributed by atoms with E-state index in [1.54, 1.807) is 18.2 Å². The Labute approximate surface area is 159 Å². The first-order chi connectivity index (χ1) is 11.7. The molecule has 0 saturated carbocycles. The highest BCUT2D eigenvalue weighted by atomic mass is 79.9. The molecular formula is C18H15BrClFN4. The molecule has 3 aromatic rings. The van der Waals surface area contributed by atoms with Crippen molar-refractivity contribution in [2.45, 2.75) is 13.0 Å². The Morgan fingerprint density at radius 3 is 2.68 bits per heavy atom. The molecular weight excluding hydrogens is 407 g/mol. The van der Waals surface area contributed by atoms with Crippen LogP contribution in [0.25, 0.3) is 11.3 Å². The summed E-state index contributed by atoms with van der Waals surface area (Å²) in [7, 11) is 0. The first kappa shape index (κ1) is 17.8. The summed E-state index contributed by atoms with van der Waals surface area (Å²) >= 11 is 6.21. The van der Waals surface area contributed by atoms with Crippen molar-refractivity contribution in [3.8, 4) is 5.69 Å². The summed E-state index contributed by atoms with van der Waals surface area (Å²) < 4.78 is 16.3. The SMILES string of the molecule is Br.NCc1nnc2n1-c1ccc(Cl)cc1C(c1ccccc1F)=CC2. The van der Waals surface area contributed by atoms with Gasteiger partial charge in [-0.15, -0.1) is 27.2 Å². The molecule has 1 aliphatic heterocycles. The number of hydrogen-bond donors (Lipinski definition) is 1. The predicted molar refractivity (Wildman–Crippen MR) is 102 cm³/mol. The second kappa shape index (κ2) is 7.07. The quantitative estimate of drug-likeness (QED) is 0.678. The summed E-state index contributed by atoms with van der Waals surface area (Å²) in [6.45, 7) is 0.268. The summed E-state index contributed by atoms with van der Waals surface area (Å²) in [6.07, 6.45) is 2.49. The van der Waals surface area contributed by atoms with E-state index in [9.17, 15) is 4.39 Å². The van der Waals surface area contributed by atoms with Crippen molar-refractivity contribution in [3.05, 3.63) is 82.2 Å². The van der Waals surface area contributed by atoms with E-state index in [0.29, 0.717) is 22.8 Å². The minimum absolute atomic E-state index is 0. The molecule has 4 nitrogen and oxygen atoms in total. The number of rotatable bonds is 2. The van der Waals surface area contributed by atoms with Crippen LogP contribution in [0.2, 0.25) is 5.02 Å². The molecule has 0 atom stereocenters. The molecule has 0 spiro atoms. The smallest absolute Gasteiger partial charge is 0.151 e. The second-order valence-corrected chi connectivity index (χ2v) is 5.97. The van der Waals surface area contributed by atoms with E-state index in [-0.39, 0.29) is 29.3 Å². The average Bonchev–Trinajstić information content (AvgIpc) is 2.93. The molecule has 0 radical (unpaired) electrons. The molecule has 0 aliphatic carbocycles. The van der Waals surface area contributed by atoms with E-state index >= 15 is 0 Å². The first-order valence-electron chi connectivity index (χ1n) is 7.57. The van der Waals surface area contributed by atoms with Gasteiger partial charge in [0, 0.05) is 22.6 Å². The monoisotopic (exact) mass is 420 g/mol. The number of nitrogens with two attached hydrogens (primary N) is 1. The molecule has 4 rings (SSSR count). The van der Waals surface area contributed by atoms with Gasteiger partial charge in [-0.05, 0) is 29.8 Å². The summed E-state index contributed by atoms with van der Waals surface area (Å²) in [5.41, 5.74) is 8.81. The maximum atomic E-state index is 14.4. The largest absolute Gasteiger partial charge is 0.324 e. The van der Waals surface area contributed by atoms with Gasteiger partial charge < -0.3 is 5.73 Å². The van der Waals surface area contributed by atoms with Gasteiger partial charge in [0.2, 0.25) is 0 Å². The molecule has 2 aromatic carbocycles. The molecule has 0 fully saturated rings. The fraction of sp³-hybridized carbons (Fsp3) is 0.111. The molecule has 128 valence electrons. The molecule has 7 heteroatoms. The van der Waals surface area contributed by atoms with Crippen LogP contribution in [0.15, 0.2) is 48.5 Å². The molecule has 2 N–H and O–H groups in total. The molecule has 0 amide bonds. The van der Waals surface area contributed by atoms with Crippen LogP contribution in [0.5, 0.6) is 0 Å². The van der Waals surface area contributed by atoms with Crippen LogP contribution in [0, 0.1) is 5.82 Å². The standard InChI is InChI=1S/C18H14ClFN4.BrH/c19-11-5-7-16-14(9-11)12(13-3-1-2-4-15(13)20)6-8-17-22-23-18(10-21)24(16)17;/h1-7,9H,8,10,21H2;1H. The number of hydrogen-bond acceptors (Lipinski definition) is 3. The van der Waals surface area contributed by atoms with Crippen LogP contribution in [0.4, 0.5) is 4.39 Å². The van der Waals surface area contributed by atoms with Crippen LogP contribution in [0.3, 0.4) is 0 Å². The fourth-order valence-corrected chi connectivity index (χ4v) is 3.23. The van der Waals surface area contributed by atoms with E-state index in [4.69, 9.17) is 17.3 Å². The normalized spacial score (nSPS) is 12.5. The van der Waals surface area contributed by atoms with Crippen LogP contribution in [-0.4, -0.2) is 14.8 Å². The Kier molecular flexibility index (Phi) is 5.03. The Morgan fingerprint density at radius 1 is 1.12 bits per heavy atom. The first-order valence-corrected chi connectivity index (χ1v) is 7.95. The van der Waals surface area contributed by atoms with Gasteiger partial charge in [0.25, 0.3) is 0 Å². The maximum absolute atomic E-state index is 14.4. The third kappa shape index (κ3) is 3.01. The summed E-state index contributed by atoms with van der Waals surface area (Å²) in [5.74, 6) is 1.16. The van der Waals surface area contributed by atoms with Crippen LogP contribution in [0.1, 0.15) is 22.8 Å². The number of benzene rings is 2. The number of nitrogens with zero attached hydrogens (tertiary/aromatic N) is 3. The Balaban J connectivity index is 0.00000182. The van der Waals surface area contributed by atoms with Gasteiger partial charge in [0.15, 0.2) is 5.82 Å². The van der Waals surface area contributed by atoms with Gasteiger partial charge in [0.1, 0.15) is 11.6 Å². The molecule has 0 bridgehead atoms. The number of allylic oxidation sites excluding steroid dienone is 1. The Hall–Kier alpha value is -2.02. The van der Waals surface area contributed by atoms with Crippen molar-refractivity contribution in [1.29, 1.82) is 0 Å². The molecule has 25 heavy (non-hydrogen) atoms. The highest BCUT2D eigenvalue weighted by Crippen LogP contribution is 2.35. The molecule has 0 unspecified atom stereocenters. The lowest BCUT2D eigenvalue weighted by atomic mass is 9.95. The molecule has 1 aromatic heterocycles. The van der Waals surface area contributed by atoms with Gasteiger partial charge in [-0.3, -0.25) is 4.57 Å². The summed E-state index contributed by atoms with van der Waals surface area (Å²) in [6, 6.07) is 12.2. The predicted octanol–water partition coefficient (Wildman–Crippen LogP) is 4.08. The number of aromatic nitrogens is 3. The summed E-state index contributed by atoms with van der Waals surface area (Å²) in [5, 5.41) is 8.95. The zero-order valence-corrected chi connectivity index (χ0v) is 15.6. The lowest BCUT2D eigenvalue weighted by Crippen LogP contribution is -2.10. The van der Waals surface area contributed by atoms with Gasteiger partial charge in [-0.2, -0.15) is 0 Å². The van der Waals surface area contributed by atoms with E-state index in [1.165, 1.54) is 6.07 Å². The Bertz CT molecular complexity index is 967. The minimum atomic E-state index is -0.272. The van der Waals surface area contributed by atoms with Crippen molar-refractivity contribution < 1.29 is 4.39 Å². The molecule has 2 heterocycles. The molecule has 1 aliphatic rings. The highest BCUT2D eigenvalue weighted by Gasteiger charge is 2.22. The molecule has 0 saturated heterocycles. The highest BCUT2D eigenvalue weighted by molar-refractivity contribution is 8.93. The third-order valence-corrected chi connectivity index (χ3v) is 4.36. The van der Waals surface area contributed by atoms with E-state index in [2.05, 4.69) is 10.2 Å². The summed E-state index contributed by atoms with van der Waals surface area (Å²) in [4.78, 5) is 0. The van der Waals surface area contributed by atoms with Crippen molar-refractivity contribution in [2.75, 3.05) is 0 Å². The van der Waals surface area contributed by atoms with Gasteiger partial charge >= 0.3 is 0 Å². The van der Waals surface area contributed by atoms with Crippen LogP contribution < -0.4 is 5.73 Å². The van der Waals surface area contributed by atoms with Gasteiger partial charge in [0.05, 0.1) is 12.2 Å². The van der Waals surface area contributed by atoms with E-state index < -0.39 is 0 Å². The number of halogens is 3. The lowest BCUT2D eigenvalue weighted by molar-refractivity contribution is 0.624. The number of fused-ring (bicyclic) bond motifs is 3. The zero-order valence-electron chi connectivity index (χ0n) is 13.1. The third-order valence-electron chi connectivity index (χ3n) is 4.12. The van der Waals surface area contributed by atoms with Crippen LogP contribution in [-0.2, 0) is 13.0 Å². The second-order valence-electron chi connectivity index (χ2n) is 5.54. The van der Waals surface area contributed by atoms with Crippen molar-refractivity contribution in [2.24, 2.45) is 5.73 Å². The Morgan fingerprint density at radius 2 is 1.92 bits per heavy atom. The topological polar surface area (TPSA) is 56.7 Å². The maximum Gasteiger partial charge on any atom is 0.151 e.